The molecule has 0 amide bonds. The van der Waals surface area contributed by atoms with Crippen molar-refractivity contribution in [1.82, 2.24) is 0 Å². The molecule has 0 spiro atoms. The SMILES string of the molecule is CC(Nc1ccsc1)c1cccc(Cl)c1. The molecular weight excluding hydrogens is 226 g/mol. The first-order valence-electron chi connectivity index (χ1n) is 4.80. The van der Waals surface area contributed by atoms with E-state index >= 15 is 0 Å². The number of halogens is 1. The predicted octanol–water partition coefficient (Wildman–Crippen LogP) is 4.57. The maximum atomic E-state index is 5.95. The second kappa shape index (κ2) is 4.69. The number of benzene rings is 1. The van der Waals surface area contributed by atoms with Crippen LogP contribution in [0.5, 0.6) is 0 Å². The summed E-state index contributed by atoms with van der Waals surface area (Å²) in [6.45, 7) is 2.13. The van der Waals surface area contributed by atoms with Gasteiger partial charge < -0.3 is 5.32 Å². The summed E-state index contributed by atoms with van der Waals surface area (Å²) in [5.41, 5.74) is 2.36. The molecule has 2 rings (SSSR count). The molecule has 0 aliphatic rings. The van der Waals surface area contributed by atoms with Gasteiger partial charge in [0.2, 0.25) is 0 Å². The standard InChI is InChI=1S/C12H12ClNS/c1-9(14-12-5-6-15-8-12)10-3-2-4-11(13)7-10/h2-9,14H,1H3. The summed E-state index contributed by atoms with van der Waals surface area (Å²) in [7, 11) is 0. The van der Waals surface area contributed by atoms with Gasteiger partial charge in [-0.15, -0.1) is 0 Å². The summed E-state index contributed by atoms with van der Waals surface area (Å²) >= 11 is 7.64. The van der Waals surface area contributed by atoms with Gasteiger partial charge in [0.05, 0.1) is 0 Å². The Balaban J connectivity index is 2.11. The van der Waals surface area contributed by atoms with Gasteiger partial charge in [0.25, 0.3) is 0 Å². The van der Waals surface area contributed by atoms with E-state index in [1.165, 1.54) is 5.56 Å². The number of hydrogen-bond acceptors (Lipinski definition) is 2. The van der Waals surface area contributed by atoms with Crippen molar-refractivity contribution in [1.29, 1.82) is 0 Å². The van der Waals surface area contributed by atoms with E-state index in [2.05, 4.69) is 35.1 Å². The lowest BCUT2D eigenvalue weighted by atomic mass is 10.1. The molecule has 1 heterocycles. The fourth-order valence-corrected chi connectivity index (χ4v) is 2.25. The fourth-order valence-electron chi connectivity index (χ4n) is 1.46. The van der Waals surface area contributed by atoms with Gasteiger partial charge in [-0.25, -0.2) is 0 Å². The first kappa shape index (κ1) is 10.5. The molecule has 1 nitrogen and oxygen atoms in total. The molecule has 0 saturated heterocycles. The third-order valence-electron chi connectivity index (χ3n) is 2.25. The second-order valence-electron chi connectivity index (χ2n) is 3.43. The Morgan fingerprint density at radius 2 is 2.20 bits per heavy atom. The molecule has 0 saturated carbocycles. The van der Waals surface area contributed by atoms with Crippen LogP contribution in [0.15, 0.2) is 41.1 Å². The van der Waals surface area contributed by atoms with Gasteiger partial charge in [-0.05, 0) is 36.1 Å². The summed E-state index contributed by atoms with van der Waals surface area (Å²) in [6.07, 6.45) is 0. The van der Waals surface area contributed by atoms with Crippen LogP contribution in [0.4, 0.5) is 5.69 Å². The Morgan fingerprint density at radius 1 is 1.33 bits per heavy atom. The Bertz CT molecular complexity index is 425. The first-order valence-corrected chi connectivity index (χ1v) is 6.12. The molecule has 0 radical (unpaired) electrons. The molecule has 0 aliphatic heterocycles. The highest BCUT2D eigenvalue weighted by atomic mass is 35.5. The summed E-state index contributed by atoms with van der Waals surface area (Å²) in [4.78, 5) is 0. The zero-order valence-electron chi connectivity index (χ0n) is 8.41. The molecule has 0 aliphatic carbocycles. The maximum absolute atomic E-state index is 5.95. The van der Waals surface area contributed by atoms with E-state index in [1.54, 1.807) is 11.3 Å². The Kier molecular flexibility index (Phi) is 3.29. The van der Waals surface area contributed by atoms with E-state index in [-0.39, 0.29) is 6.04 Å². The molecule has 3 heteroatoms. The largest absolute Gasteiger partial charge is 0.378 e. The van der Waals surface area contributed by atoms with Gasteiger partial charge in [0.1, 0.15) is 0 Å². The van der Waals surface area contributed by atoms with Crippen LogP contribution >= 0.6 is 22.9 Å². The van der Waals surface area contributed by atoms with Crippen LogP contribution in [0.2, 0.25) is 5.02 Å². The molecular formula is C12H12ClNS. The zero-order valence-corrected chi connectivity index (χ0v) is 9.98. The van der Waals surface area contributed by atoms with Gasteiger partial charge in [0.15, 0.2) is 0 Å². The van der Waals surface area contributed by atoms with Crippen LogP contribution in [0.3, 0.4) is 0 Å². The average molecular weight is 238 g/mol. The van der Waals surface area contributed by atoms with E-state index < -0.39 is 0 Å². The van der Waals surface area contributed by atoms with Crippen LogP contribution in [0.1, 0.15) is 18.5 Å². The Labute approximate surface area is 98.7 Å². The zero-order chi connectivity index (χ0) is 10.7. The molecule has 1 aromatic carbocycles. The monoisotopic (exact) mass is 237 g/mol. The number of anilines is 1. The average Bonchev–Trinajstić information content (AvgIpc) is 2.70. The lowest BCUT2D eigenvalue weighted by Gasteiger charge is -2.14. The molecule has 0 fully saturated rings. The molecule has 2 aromatic rings. The van der Waals surface area contributed by atoms with Gasteiger partial charge >= 0.3 is 0 Å². The van der Waals surface area contributed by atoms with Crippen LogP contribution in [0.25, 0.3) is 0 Å². The van der Waals surface area contributed by atoms with E-state index in [0.717, 1.165) is 10.7 Å². The quantitative estimate of drug-likeness (QED) is 0.824. The minimum Gasteiger partial charge on any atom is -0.378 e. The number of hydrogen-bond donors (Lipinski definition) is 1. The Hall–Kier alpha value is -0.990. The van der Waals surface area contributed by atoms with Crippen molar-refractivity contribution in [3.8, 4) is 0 Å². The smallest absolute Gasteiger partial charge is 0.0486 e. The van der Waals surface area contributed by atoms with Crippen LogP contribution in [-0.2, 0) is 0 Å². The number of rotatable bonds is 3. The molecule has 1 unspecified atom stereocenters. The number of thiophene rings is 1. The molecule has 1 N–H and O–H groups in total. The normalized spacial score (nSPS) is 12.4. The van der Waals surface area contributed by atoms with Crippen LogP contribution in [0, 0.1) is 0 Å². The highest BCUT2D eigenvalue weighted by Crippen LogP contribution is 2.22. The van der Waals surface area contributed by atoms with Gasteiger partial charge in [-0.2, -0.15) is 11.3 Å². The van der Waals surface area contributed by atoms with E-state index in [9.17, 15) is 0 Å². The van der Waals surface area contributed by atoms with E-state index in [1.807, 2.05) is 18.2 Å². The second-order valence-corrected chi connectivity index (χ2v) is 4.65. The summed E-state index contributed by atoms with van der Waals surface area (Å²) < 4.78 is 0. The summed E-state index contributed by atoms with van der Waals surface area (Å²) in [5, 5.41) is 8.36. The minimum atomic E-state index is 0.276. The van der Waals surface area contributed by atoms with Crippen molar-refractivity contribution >= 4 is 28.6 Å². The molecule has 15 heavy (non-hydrogen) atoms. The van der Waals surface area contributed by atoms with Gasteiger partial charge in [-0.1, -0.05) is 23.7 Å². The fraction of sp³-hybridized carbons (Fsp3) is 0.167. The van der Waals surface area contributed by atoms with Crippen LogP contribution < -0.4 is 5.32 Å². The van der Waals surface area contributed by atoms with Crippen molar-refractivity contribution in [2.75, 3.05) is 5.32 Å². The predicted molar refractivity (Wildman–Crippen MR) is 67.8 cm³/mol. The minimum absolute atomic E-state index is 0.276. The lowest BCUT2D eigenvalue weighted by Crippen LogP contribution is -2.05. The maximum Gasteiger partial charge on any atom is 0.0486 e. The van der Waals surface area contributed by atoms with Crippen LogP contribution in [-0.4, -0.2) is 0 Å². The molecule has 78 valence electrons. The van der Waals surface area contributed by atoms with Crippen molar-refractivity contribution in [3.63, 3.8) is 0 Å². The molecule has 1 atom stereocenters. The highest BCUT2D eigenvalue weighted by molar-refractivity contribution is 7.08. The summed E-state index contributed by atoms with van der Waals surface area (Å²) in [5.74, 6) is 0. The van der Waals surface area contributed by atoms with Gasteiger partial charge in [0, 0.05) is 22.1 Å². The van der Waals surface area contributed by atoms with E-state index in [4.69, 9.17) is 11.6 Å². The molecule has 1 aromatic heterocycles. The van der Waals surface area contributed by atoms with Crippen molar-refractivity contribution in [3.05, 3.63) is 51.7 Å². The first-order chi connectivity index (χ1) is 7.25. The van der Waals surface area contributed by atoms with Gasteiger partial charge in [-0.3, -0.25) is 0 Å². The number of nitrogens with one attached hydrogen (secondary N) is 1. The van der Waals surface area contributed by atoms with Crippen molar-refractivity contribution in [2.24, 2.45) is 0 Å². The lowest BCUT2D eigenvalue weighted by molar-refractivity contribution is 0.886. The van der Waals surface area contributed by atoms with Crippen molar-refractivity contribution < 1.29 is 0 Å². The third-order valence-corrected chi connectivity index (χ3v) is 3.17. The van der Waals surface area contributed by atoms with E-state index in [0.29, 0.717) is 0 Å². The van der Waals surface area contributed by atoms with Crippen molar-refractivity contribution in [2.45, 2.75) is 13.0 Å². The molecule has 0 bridgehead atoms. The summed E-state index contributed by atoms with van der Waals surface area (Å²) in [6, 6.07) is 10.3. The topological polar surface area (TPSA) is 12.0 Å². The highest BCUT2D eigenvalue weighted by Gasteiger charge is 2.05. The Morgan fingerprint density at radius 3 is 2.87 bits per heavy atom. The third kappa shape index (κ3) is 2.74.